The number of hydrogen-bond donors (Lipinski definition) is 2. The summed E-state index contributed by atoms with van der Waals surface area (Å²) in [6.45, 7) is 6.44. The number of hydrogen-bond acceptors (Lipinski definition) is 7. The van der Waals surface area contributed by atoms with E-state index in [1.807, 2.05) is 44.2 Å². The molecule has 0 aliphatic heterocycles. The van der Waals surface area contributed by atoms with Crippen molar-refractivity contribution in [2.24, 2.45) is 0 Å². The monoisotopic (exact) mass is 463 g/mol. The van der Waals surface area contributed by atoms with Crippen LogP contribution < -0.4 is 15.0 Å². The second-order valence-electron chi connectivity index (χ2n) is 7.60. The van der Waals surface area contributed by atoms with Crippen molar-refractivity contribution in [3.63, 3.8) is 0 Å². The molecule has 0 radical (unpaired) electrons. The van der Waals surface area contributed by atoms with Crippen molar-refractivity contribution in [1.82, 2.24) is 14.3 Å². The Hall–Kier alpha value is -3.49. The number of H-pyrrole nitrogens is 1. The fraction of sp³-hybridized carbons (Fsp3) is 0.240. The highest BCUT2D eigenvalue weighted by Crippen LogP contribution is 2.31. The Bertz CT molecular complexity index is 1290. The van der Waals surface area contributed by atoms with Crippen LogP contribution in [0.15, 0.2) is 53.3 Å². The first-order chi connectivity index (χ1) is 16.0. The SMILES string of the molecule is Cc1nc(OCCO)nc(C)c1-c1cccc(COc2ccc(-c3cc(=O)[nH]s3)cc2)c1C. The number of aliphatic hydroxyl groups is 1. The number of aryl methyl sites for hydroxylation is 2. The first kappa shape index (κ1) is 22.7. The lowest BCUT2D eigenvalue weighted by Gasteiger charge is -2.16. The van der Waals surface area contributed by atoms with Crippen molar-refractivity contribution < 1.29 is 14.6 Å². The van der Waals surface area contributed by atoms with E-state index in [0.29, 0.717) is 6.61 Å². The van der Waals surface area contributed by atoms with Crippen molar-refractivity contribution in [2.75, 3.05) is 13.2 Å². The standard InChI is InChI=1S/C25H25N3O4S/c1-15-19(14-32-20-9-7-18(8-10-20)22-13-23(30)28-33-22)5-4-6-21(15)24-16(2)26-25(27-17(24)3)31-12-11-29/h4-10,13,29H,11-12,14H2,1-3H3,(H,28,30). The molecule has 4 aromatic rings. The molecule has 4 rings (SSSR count). The molecule has 33 heavy (non-hydrogen) atoms. The second-order valence-corrected chi connectivity index (χ2v) is 8.45. The Morgan fingerprint density at radius 2 is 1.73 bits per heavy atom. The molecule has 8 heteroatoms. The van der Waals surface area contributed by atoms with Crippen molar-refractivity contribution in [3.05, 3.63) is 81.4 Å². The molecule has 0 fully saturated rings. The highest BCUT2D eigenvalue weighted by Gasteiger charge is 2.15. The van der Waals surface area contributed by atoms with Crippen molar-refractivity contribution in [3.8, 4) is 33.3 Å². The molecule has 170 valence electrons. The maximum atomic E-state index is 11.4. The van der Waals surface area contributed by atoms with Crippen molar-refractivity contribution in [2.45, 2.75) is 27.4 Å². The van der Waals surface area contributed by atoms with Gasteiger partial charge in [-0.25, -0.2) is 0 Å². The Balaban J connectivity index is 1.53. The number of nitrogens with zero attached hydrogens (tertiary/aromatic N) is 2. The molecule has 7 nitrogen and oxygen atoms in total. The molecule has 0 aliphatic rings. The molecule has 2 heterocycles. The minimum atomic E-state index is -0.0890. The largest absolute Gasteiger partial charge is 0.489 e. The first-order valence-corrected chi connectivity index (χ1v) is 11.4. The predicted octanol–water partition coefficient (Wildman–Crippen LogP) is 4.44. The average Bonchev–Trinajstić information content (AvgIpc) is 3.24. The fourth-order valence-electron chi connectivity index (χ4n) is 3.69. The van der Waals surface area contributed by atoms with Gasteiger partial charge in [-0.2, -0.15) is 9.97 Å². The average molecular weight is 464 g/mol. The maximum Gasteiger partial charge on any atom is 0.316 e. The smallest absolute Gasteiger partial charge is 0.316 e. The second kappa shape index (κ2) is 9.97. The number of rotatable bonds is 8. The zero-order chi connectivity index (χ0) is 23.4. The van der Waals surface area contributed by atoms with Crippen LogP contribution in [0.25, 0.3) is 21.6 Å². The Morgan fingerprint density at radius 1 is 1.00 bits per heavy atom. The van der Waals surface area contributed by atoms with Gasteiger partial charge in [-0.3, -0.25) is 9.17 Å². The van der Waals surface area contributed by atoms with Gasteiger partial charge in [0.05, 0.1) is 22.9 Å². The van der Waals surface area contributed by atoms with Crippen LogP contribution in [0.3, 0.4) is 0 Å². The molecular formula is C25H25N3O4S. The number of aromatic amines is 1. The Labute approximate surface area is 195 Å². The molecule has 2 aromatic carbocycles. The van der Waals surface area contributed by atoms with E-state index in [9.17, 15) is 4.79 Å². The van der Waals surface area contributed by atoms with E-state index in [1.165, 1.54) is 11.5 Å². The van der Waals surface area contributed by atoms with Crippen LogP contribution in [-0.4, -0.2) is 32.7 Å². The lowest BCUT2D eigenvalue weighted by molar-refractivity contribution is 0.191. The van der Waals surface area contributed by atoms with E-state index >= 15 is 0 Å². The summed E-state index contributed by atoms with van der Waals surface area (Å²) >= 11 is 1.32. The molecule has 2 N–H and O–H groups in total. The highest BCUT2D eigenvalue weighted by atomic mass is 32.1. The highest BCUT2D eigenvalue weighted by molar-refractivity contribution is 7.09. The zero-order valence-electron chi connectivity index (χ0n) is 18.7. The summed E-state index contributed by atoms with van der Waals surface area (Å²) in [6.07, 6.45) is 0. The van der Waals surface area contributed by atoms with Gasteiger partial charge in [0.15, 0.2) is 0 Å². The molecule has 0 saturated carbocycles. The Morgan fingerprint density at radius 3 is 2.36 bits per heavy atom. The Kier molecular flexibility index (Phi) is 6.86. The molecule has 0 spiro atoms. The number of aromatic nitrogens is 3. The van der Waals surface area contributed by atoms with Gasteiger partial charge in [-0.15, -0.1) is 0 Å². The molecular weight excluding hydrogens is 438 g/mol. The van der Waals surface area contributed by atoms with Gasteiger partial charge in [0.25, 0.3) is 5.56 Å². The fourth-order valence-corrected chi connectivity index (χ4v) is 4.38. The minimum Gasteiger partial charge on any atom is -0.489 e. The summed E-state index contributed by atoms with van der Waals surface area (Å²) < 4.78 is 14.1. The van der Waals surface area contributed by atoms with Crippen LogP contribution >= 0.6 is 11.5 Å². The summed E-state index contributed by atoms with van der Waals surface area (Å²) in [7, 11) is 0. The predicted molar refractivity (Wildman–Crippen MR) is 129 cm³/mol. The van der Waals surface area contributed by atoms with E-state index < -0.39 is 0 Å². The molecule has 0 bridgehead atoms. The maximum absolute atomic E-state index is 11.4. The molecule has 0 atom stereocenters. The topological polar surface area (TPSA) is 97.3 Å². The van der Waals surface area contributed by atoms with E-state index in [2.05, 4.69) is 33.4 Å². The van der Waals surface area contributed by atoms with Crippen LogP contribution in [-0.2, 0) is 6.61 Å². The van der Waals surface area contributed by atoms with Gasteiger partial charge >= 0.3 is 6.01 Å². The quantitative estimate of drug-likeness (QED) is 0.401. The van der Waals surface area contributed by atoms with E-state index in [1.54, 1.807) is 6.07 Å². The number of aliphatic hydroxyl groups excluding tert-OH is 1. The van der Waals surface area contributed by atoms with Gasteiger partial charge in [0, 0.05) is 11.6 Å². The summed E-state index contributed by atoms with van der Waals surface area (Å²) in [5.74, 6) is 0.757. The van der Waals surface area contributed by atoms with E-state index in [-0.39, 0.29) is 24.8 Å². The summed E-state index contributed by atoms with van der Waals surface area (Å²) in [5.41, 5.74) is 6.72. The normalized spacial score (nSPS) is 10.9. The zero-order valence-corrected chi connectivity index (χ0v) is 19.5. The number of benzene rings is 2. The third-order valence-electron chi connectivity index (χ3n) is 5.35. The van der Waals surface area contributed by atoms with Crippen molar-refractivity contribution in [1.29, 1.82) is 0 Å². The van der Waals surface area contributed by atoms with Crippen LogP contribution in [0.1, 0.15) is 22.5 Å². The van der Waals surface area contributed by atoms with Gasteiger partial charge in [0.1, 0.15) is 19.0 Å². The number of nitrogens with one attached hydrogen (secondary N) is 1. The van der Waals surface area contributed by atoms with E-state index in [4.69, 9.17) is 14.6 Å². The van der Waals surface area contributed by atoms with Crippen LogP contribution in [0.5, 0.6) is 11.8 Å². The molecule has 2 aromatic heterocycles. The third kappa shape index (κ3) is 5.13. The van der Waals surface area contributed by atoms with Gasteiger partial charge < -0.3 is 14.6 Å². The molecule has 0 aliphatic carbocycles. The van der Waals surface area contributed by atoms with Crippen LogP contribution in [0.4, 0.5) is 0 Å². The number of ether oxygens (including phenoxy) is 2. The molecule has 0 unspecified atom stereocenters. The minimum absolute atomic E-state index is 0.0825. The van der Waals surface area contributed by atoms with Gasteiger partial charge in [-0.1, -0.05) is 29.7 Å². The van der Waals surface area contributed by atoms with Crippen molar-refractivity contribution >= 4 is 11.5 Å². The summed E-state index contributed by atoms with van der Waals surface area (Å²) in [6, 6.07) is 15.7. The first-order valence-electron chi connectivity index (χ1n) is 10.6. The van der Waals surface area contributed by atoms with Crippen LogP contribution in [0.2, 0.25) is 0 Å². The summed E-state index contributed by atoms with van der Waals surface area (Å²) in [4.78, 5) is 21.2. The van der Waals surface area contributed by atoms with Gasteiger partial charge in [-0.05, 0) is 67.3 Å². The third-order valence-corrected chi connectivity index (χ3v) is 6.22. The lowest BCUT2D eigenvalue weighted by atomic mass is 9.95. The lowest BCUT2D eigenvalue weighted by Crippen LogP contribution is -2.08. The van der Waals surface area contributed by atoms with Crippen LogP contribution in [0, 0.1) is 20.8 Å². The molecule has 0 saturated heterocycles. The van der Waals surface area contributed by atoms with Gasteiger partial charge in [0.2, 0.25) is 0 Å². The molecule has 0 amide bonds. The summed E-state index contributed by atoms with van der Waals surface area (Å²) in [5, 5.41) is 8.96. The van der Waals surface area contributed by atoms with E-state index in [0.717, 1.165) is 49.8 Å².